The van der Waals surface area contributed by atoms with E-state index in [0.717, 1.165) is 26.8 Å². The minimum Gasteiger partial charge on any atom is -0.384 e. The first-order chi connectivity index (χ1) is 16.1. The smallest absolute Gasteiger partial charge is 0.271 e. The van der Waals surface area contributed by atoms with E-state index in [9.17, 15) is 20.2 Å². The van der Waals surface area contributed by atoms with Crippen molar-refractivity contribution in [3.8, 4) is 6.07 Å². The van der Waals surface area contributed by atoms with Crippen LogP contribution in [0.5, 0.6) is 0 Å². The third-order valence-electron chi connectivity index (χ3n) is 6.24. The third kappa shape index (κ3) is 4.01. The zero-order valence-electron chi connectivity index (χ0n) is 19.5. The number of hydrogen-bond donors (Lipinski definition) is 1. The predicted molar refractivity (Wildman–Crippen MR) is 136 cm³/mol. The maximum Gasteiger partial charge on any atom is 0.271 e. The van der Waals surface area contributed by atoms with Crippen molar-refractivity contribution in [3.63, 3.8) is 0 Å². The number of allylic oxidation sites excluding steroid dienone is 3. The molecule has 0 fully saturated rings. The summed E-state index contributed by atoms with van der Waals surface area (Å²) in [5.41, 5.74) is 9.21. The number of carbonyl (C=O) groups excluding carboxylic acids is 1. The Hall–Kier alpha value is -3.09. The van der Waals surface area contributed by atoms with E-state index in [4.69, 9.17) is 5.73 Å². The highest BCUT2D eigenvalue weighted by Gasteiger charge is 2.46. The maximum atomic E-state index is 13.7. The second-order valence-corrected chi connectivity index (χ2v) is 11.5. The Morgan fingerprint density at radius 1 is 1.35 bits per heavy atom. The molecule has 9 heteroatoms. The third-order valence-corrected chi connectivity index (χ3v) is 8.31. The van der Waals surface area contributed by atoms with E-state index in [0.29, 0.717) is 29.7 Å². The first-order valence-corrected chi connectivity index (χ1v) is 12.9. The molecule has 176 valence electrons. The van der Waals surface area contributed by atoms with Gasteiger partial charge in [0.15, 0.2) is 5.78 Å². The number of thioether (sulfide) groups is 1. The van der Waals surface area contributed by atoms with E-state index in [2.05, 4.69) is 13.0 Å². The van der Waals surface area contributed by atoms with Crippen molar-refractivity contribution >= 4 is 40.3 Å². The van der Waals surface area contributed by atoms with Crippen LogP contribution in [0.1, 0.15) is 50.0 Å². The van der Waals surface area contributed by atoms with Crippen molar-refractivity contribution in [2.45, 2.75) is 51.3 Å². The molecule has 1 aliphatic heterocycles. The average Bonchev–Trinajstić information content (AvgIpc) is 3.21. The minimum absolute atomic E-state index is 0.00886. The lowest BCUT2D eigenvalue weighted by Crippen LogP contribution is -2.42. The summed E-state index contributed by atoms with van der Waals surface area (Å²) >= 11 is 3.20. The molecule has 0 saturated heterocycles. The summed E-state index contributed by atoms with van der Waals surface area (Å²) in [5.74, 6) is 0.545. The number of hydrogen-bond acceptors (Lipinski definition) is 8. The second-order valence-electron chi connectivity index (χ2n) is 9.29. The number of nitro benzene ring substituents is 1. The van der Waals surface area contributed by atoms with Gasteiger partial charge < -0.3 is 5.73 Å². The van der Waals surface area contributed by atoms with Crippen molar-refractivity contribution in [1.29, 1.82) is 5.26 Å². The van der Waals surface area contributed by atoms with Gasteiger partial charge in [-0.1, -0.05) is 26.8 Å². The molecule has 7 nitrogen and oxygen atoms in total. The molecular weight excluding hydrogens is 468 g/mol. The van der Waals surface area contributed by atoms with Crippen LogP contribution in [-0.4, -0.2) is 16.5 Å². The highest BCUT2D eigenvalue weighted by molar-refractivity contribution is 7.99. The van der Waals surface area contributed by atoms with Crippen LogP contribution in [0, 0.1) is 33.8 Å². The molecule has 2 heterocycles. The van der Waals surface area contributed by atoms with E-state index < -0.39 is 10.8 Å². The fourth-order valence-electron chi connectivity index (χ4n) is 4.79. The van der Waals surface area contributed by atoms with Gasteiger partial charge in [0.25, 0.3) is 5.69 Å². The minimum atomic E-state index is -0.534. The van der Waals surface area contributed by atoms with E-state index in [1.807, 2.05) is 32.2 Å². The molecule has 1 aliphatic carbocycles. The van der Waals surface area contributed by atoms with E-state index in [1.165, 1.54) is 23.5 Å². The molecule has 0 radical (unpaired) electrons. The number of nitriles is 1. The standard InChI is InChI=1S/C25H26N4O3S2/c1-5-33-20-8-9-34-23(20)21-16(13-26)24(27)28(17-10-15(29(31)32)7-6-14(17)2)18-11-25(3,4)12-19(30)22(18)21/h6-10,21H,5,11-12,27H2,1-4H3. The van der Waals surface area contributed by atoms with Crippen LogP contribution in [0.2, 0.25) is 0 Å². The van der Waals surface area contributed by atoms with Crippen molar-refractivity contribution in [3.05, 3.63) is 72.9 Å². The molecule has 1 unspecified atom stereocenters. The fourth-order valence-corrected chi connectivity index (χ4v) is 6.84. The van der Waals surface area contributed by atoms with Gasteiger partial charge in [0, 0.05) is 39.6 Å². The van der Waals surface area contributed by atoms with Crippen molar-refractivity contribution in [2.75, 3.05) is 10.7 Å². The Morgan fingerprint density at radius 3 is 2.74 bits per heavy atom. The number of ketones is 1. The molecule has 1 aromatic carbocycles. The van der Waals surface area contributed by atoms with Crippen molar-refractivity contribution in [1.82, 2.24) is 0 Å². The molecule has 34 heavy (non-hydrogen) atoms. The Labute approximate surface area is 207 Å². The first-order valence-electron chi connectivity index (χ1n) is 11.0. The topological polar surface area (TPSA) is 113 Å². The number of benzene rings is 1. The lowest BCUT2D eigenvalue weighted by molar-refractivity contribution is -0.384. The number of nitrogens with zero attached hydrogens (tertiary/aromatic N) is 3. The fraction of sp³-hybridized carbons (Fsp3) is 0.360. The van der Waals surface area contributed by atoms with E-state index >= 15 is 0 Å². The molecule has 0 bridgehead atoms. The lowest BCUT2D eigenvalue weighted by atomic mass is 9.69. The monoisotopic (exact) mass is 494 g/mol. The molecule has 4 rings (SSSR count). The highest BCUT2D eigenvalue weighted by atomic mass is 32.2. The van der Waals surface area contributed by atoms with Gasteiger partial charge in [0.1, 0.15) is 5.82 Å². The van der Waals surface area contributed by atoms with Crippen LogP contribution >= 0.6 is 23.1 Å². The summed E-state index contributed by atoms with van der Waals surface area (Å²) in [6.45, 7) is 7.97. The van der Waals surface area contributed by atoms with Gasteiger partial charge in [-0.2, -0.15) is 5.26 Å². The summed E-state index contributed by atoms with van der Waals surface area (Å²) in [6, 6.07) is 8.89. The second kappa shape index (κ2) is 8.93. The highest BCUT2D eigenvalue weighted by Crippen LogP contribution is 2.53. The number of nitro groups is 1. The number of rotatable bonds is 5. The summed E-state index contributed by atoms with van der Waals surface area (Å²) in [5, 5.41) is 23.7. The summed E-state index contributed by atoms with van der Waals surface area (Å²) in [7, 11) is 0. The first kappa shape index (κ1) is 24.0. The van der Waals surface area contributed by atoms with Gasteiger partial charge in [0.2, 0.25) is 0 Å². The van der Waals surface area contributed by atoms with Gasteiger partial charge in [-0.05, 0) is 41.5 Å². The molecule has 2 N–H and O–H groups in total. The van der Waals surface area contributed by atoms with Gasteiger partial charge in [-0.15, -0.1) is 23.1 Å². The van der Waals surface area contributed by atoms with Gasteiger partial charge in [0.05, 0.1) is 28.2 Å². The number of aryl methyl sites for hydroxylation is 1. The lowest BCUT2D eigenvalue weighted by Gasteiger charge is -2.44. The average molecular weight is 495 g/mol. The van der Waals surface area contributed by atoms with Crippen LogP contribution in [0.15, 0.2) is 57.2 Å². The van der Waals surface area contributed by atoms with Crippen molar-refractivity contribution < 1.29 is 9.72 Å². The summed E-state index contributed by atoms with van der Waals surface area (Å²) < 4.78 is 0. The van der Waals surface area contributed by atoms with Crippen LogP contribution < -0.4 is 10.6 Å². The summed E-state index contributed by atoms with van der Waals surface area (Å²) in [6.07, 6.45) is 0.929. The number of thiophene rings is 1. The molecule has 0 saturated carbocycles. The Bertz CT molecular complexity index is 1300. The molecule has 1 aromatic heterocycles. The Morgan fingerprint density at radius 2 is 2.09 bits per heavy atom. The number of Topliss-reactive ketones (excluding diaryl/α,β-unsaturated/α-hetero) is 1. The SMILES string of the molecule is CCSc1ccsc1C1C(C#N)=C(N)N(c2cc([N+](=O)[O-])ccc2C)C2=C1C(=O)CC(C)(C)C2. The largest absolute Gasteiger partial charge is 0.384 e. The molecule has 0 spiro atoms. The molecule has 0 amide bonds. The van der Waals surface area contributed by atoms with Crippen LogP contribution in [-0.2, 0) is 4.79 Å². The normalized spacial score (nSPS) is 19.8. The van der Waals surface area contributed by atoms with Crippen LogP contribution in [0.3, 0.4) is 0 Å². The number of anilines is 1. The van der Waals surface area contributed by atoms with Crippen molar-refractivity contribution in [2.24, 2.45) is 11.1 Å². The van der Waals surface area contributed by atoms with Crippen LogP contribution in [0.4, 0.5) is 11.4 Å². The van der Waals surface area contributed by atoms with E-state index in [1.54, 1.807) is 22.7 Å². The molecule has 1 atom stereocenters. The summed E-state index contributed by atoms with van der Waals surface area (Å²) in [4.78, 5) is 28.4. The van der Waals surface area contributed by atoms with Gasteiger partial charge >= 0.3 is 0 Å². The number of nitrogens with two attached hydrogens (primary N) is 1. The molecule has 2 aliphatic rings. The van der Waals surface area contributed by atoms with Gasteiger partial charge in [-0.3, -0.25) is 19.8 Å². The van der Waals surface area contributed by atoms with Crippen LogP contribution in [0.25, 0.3) is 0 Å². The number of carbonyl (C=O) groups is 1. The maximum absolute atomic E-state index is 13.7. The molecule has 2 aromatic rings. The quantitative estimate of drug-likeness (QED) is 0.307. The molecular formula is C25H26N4O3S2. The zero-order valence-corrected chi connectivity index (χ0v) is 21.2. The number of non-ortho nitro benzene ring substituents is 1. The van der Waals surface area contributed by atoms with E-state index in [-0.39, 0.29) is 22.7 Å². The Kier molecular flexibility index (Phi) is 6.32. The predicted octanol–water partition coefficient (Wildman–Crippen LogP) is 6.02. The van der Waals surface area contributed by atoms with Gasteiger partial charge in [-0.25, -0.2) is 0 Å². The Balaban J connectivity index is 2.03. The zero-order chi connectivity index (χ0) is 24.8.